The molecule has 2 aromatic heterocycles. The van der Waals surface area contributed by atoms with Gasteiger partial charge in [-0.15, -0.1) is 11.6 Å². The van der Waals surface area contributed by atoms with Crippen LogP contribution < -0.4 is 4.90 Å². The molecular formula is C14H15BrClN3. The molecule has 2 unspecified atom stereocenters. The topological polar surface area (TPSA) is 29.0 Å². The average molecular weight is 341 g/mol. The second-order valence-corrected chi connectivity index (χ2v) is 6.56. The third kappa shape index (κ3) is 2.56. The van der Waals surface area contributed by atoms with E-state index in [0.29, 0.717) is 5.92 Å². The van der Waals surface area contributed by atoms with Gasteiger partial charge in [0.2, 0.25) is 0 Å². The van der Waals surface area contributed by atoms with Crippen molar-refractivity contribution in [3.05, 3.63) is 29.0 Å². The lowest BCUT2D eigenvalue weighted by molar-refractivity contribution is 0.455. The molecule has 2 atom stereocenters. The van der Waals surface area contributed by atoms with E-state index in [4.69, 9.17) is 11.6 Å². The lowest BCUT2D eigenvalue weighted by Crippen LogP contribution is -2.40. The first kappa shape index (κ1) is 13.1. The maximum absolute atomic E-state index is 6.30. The van der Waals surface area contributed by atoms with E-state index in [1.807, 2.05) is 24.5 Å². The number of halogens is 2. The number of piperidine rings is 1. The van der Waals surface area contributed by atoms with Gasteiger partial charge in [0.1, 0.15) is 5.52 Å². The Bertz CT molecular complexity index is 604. The molecule has 0 aliphatic carbocycles. The zero-order valence-electron chi connectivity index (χ0n) is 10.7. The van der Waals surface area contributed by atoms with Crippen molar-refractivity contribution >= 4 is 44.3 Å². The molecule has 1 aliphatic rings. The minimum absolute atomic E-state index is 0.284. The standard InChI is InChI=1S/C14H15BrClN3/c1-9-8-19(5-3-11(9)16)13-2-4-17-12-6-10(15)7-18-14(12)13/h2,4,6-7,9,11H,3,5,8H2,1H3. The van der Waals surface area contributed by atoms with E-state index in [1.54, 1.807) is 0 Å². The predicted octanol–water partition coefficient (Wildman–Crippen LogP) is 3.85. The summed E-state index contributed by atoms with van der Waals surface area (Å²) < 4.78 is 0.956. The molecule has 1 saturated heterocycles. The molecule has 3 nitrogen and oxygen atoms in total. The van der Waals surface area contributed by atoms with E-state index < -0.39 is 0 Å². The Morgan fingerprint density at radius 1 is 1.42 bits per heavy atom. The first-order chi connectivity index (χ1) is 9.15. The molecule has 0 amide bonds. The third-order valence-corrected chi connectivity index (χ3v) is 4.75. The highest BCUT2D eigenvalue weighted by Crippen LogP contribution is 2.30. The summed E-state index contributed by atoms with van der Waals surface area (Å²) in [5, 5.41) is 0.284. The number of fused-ring (bicyclic) bond motifs is 1. The molecule has 2 aromatic rings. The molecule has 0 N–H and O–H groups in total. The number of pyridine rings is 2. The number of hydrogen-bond donors (Lipinski definition) is 0. The summed E-state index contributed by atoms with van der Waals surface area (Å²) in [5.74, 6) is 0.495. The fraction of sp³-hybridized carbons (Fsp3) is 0.429. The molecule has 3 heterocycles. The quantitative estimate of drug-likeness (QED) is 0.738. The van der Waals surface area contributed by atoms with Crippen LogP contribution in [-0.4, -0.2) is 28.4 Å². The van der Waals surface area contributed by atoms with E-state index >= 15 is 0 Å². The lowest BCUT2D eigenvalue weighted by atomic mass is 9.99. The summed E-state index contributed by atoms with van der Waals surface area (Å²) in [4.78, 5) is 11.3. The van der Waals surface area contributed by atoms with Gasteiger partial charge in [0, 0.05) is 35.3 Å². The third-order valence-electron chi connectivity index (χ3n) is 3.66. The first-order valence-electron chi connectivity index (χ1n) is 6.44. The van der Waals surface area contributed by atoms with Gasteiger partial charge in [-0.2, -0.15) is 0 Å². The van der Waals surface area contributed by atoms with Gasteiger partial charge >= 0.3 is 0 Å². The number of alkyl halides is 1. The average Bonchev–Trinajstić information content (AvgIpc) is 2.41. The number of nitrogens with zero attached hydrogens (tertiary/aromatic N) is 3. The summed E-state index contributed by atoms with van der Waals surface area (Å²) in [6.45, 7) is 4.16. The van der Waals surface area contributed by atoms with Crippen LogP contribution in [0.2, 0.25) is 0 Å². The minimum atomic E-state index is 0.284. The molecule has 19 heavy (non-hydrogen) atoms. The van der Waals surface area contributed by atoms with E-state index in [1.165, 1.54) is 0 Å². The summed E-state index contributed by atoms with van der Waals surface area (Å²) in [6.07, 6.45) is 4.69. The maximum Gasteiger partial charge on any atom is 0.112 e. The predicted molar refractivity (Wildman–Crippen MR) is 82.9 cm³/mol. The van der Waals surface area contributed by atoms with Gasteiger partial charge in [0.05, 0.1) is 11.2 Å². The van der Waals surface area contributed by atoms with Gasteiger partial charge in [-0.3, -0.25) is 9.97 Å². The van der Waals surface area contributed by atoms with Crippen molar-refractivity contribution in [2.24, 2.45) is 5.92 Å². The summed E-state index contributed by atoms with van der Waals surface area (Å²) >= 11 is 9.73. The van der Waals surface area contributed by atoms with E-state index in [9.17, 15) is 0 Å². The highest BCUT2D eigenvalue weighted by molar-refractivity contribution is 9.10. The van der Waals surface area contributed by atoms with E-state index in [2.05, 4.69) is 37.7 Å². The minimum Gasteiger partial charge on any atom is -0.369 e. The molecule has 0 saturated carbocycles. The largest absolute Gasteiger partial charge is 0.369 e. The summed E-state index contributed by atoms with van der Waals surface area (Å²) in [5.41, 5.74) is 3.05. The van der Waals surface area contributed by atoms with Crippen LogP contribution in [0.5, 0.6) is 0 Å². The molecule has 0 radical (unpaired) electrons. The van der Waals surface area contributed by atoms with Crippen molar-refractivity contribution in [3.8, 4) is 0 Å². The Hall–Kier alpha value is -0.870. The van der Waals surface area contributed by atoms with Gasteiger partial charge < -0.3 is 4.90 Å². The van der Waals surface area contributed by atoms with Crippen molar-refractivity contribution in [2.45, 2.75) is 18.7 Å². The Morgan fingerprint density at radius 3 is 3.05 bits per heavy atom. The van der Waals surface area contributed by atoms with Crippen molar-refractivity contribution < 1.29 is 0 Å². The van der Waals surface area contributed by atoms with Gasteiger partial charge in [0.15, 0.2) is 0 Å². The highest BCUT2D eigenvalue weighted by Gasteiger charge is 2.25. The molecule has 1 fully saturated rings. The van der Waals surface area contributed by atoms with Crippen LogP contribution in [-0.2, 0) is 0 Å². The van der Waals surface area contributed by atoms with Gasteiger partial charge in [-0.05, 0) is 40.4 Å². The smallest absolute Gasteiger partial charge is 0.112 e. The van der Waals surface area contributed by atoms with Crippen LogP contribution in [0.4, 0.5) is 5.69 Å². The van der Waals surface area contributed by atoms with Crippen molar-refractivity contribution in [2.75, 3.05) is 18.0 Å². The van der Waals surface area contributed by atoms with Gasteiger partial charge in [0.25, 0.3) is 0 Å². The fourth-order valence-electron chi connectivity index (χ4n) is 2.58. The normalized spacial score (nSPS) is 23.8. The molecule has 3 rings (SSSR count). The van der Waals surface area contributed by atoms with Crippen molar-refractivity contribution in [3.63, 3.8) is 0 Å². The number of rotatable bonds is 1. The number of aromatic nitrogens is 2. The zero-order chi connectivity index (χ0) is 13.4. The molecule has 0 bridgehead atoms. The van der Waals surface area contributed by atoms with Crippen LogP contribution in [0, 0.1) is 5.92 Å². The molecule has 1 aliphatic heterocycles. The van der Waals surface area contributed by atoms with Crippen molar-refractivity contribution in [1.82, 2.24) is 9.97 Å². The second-order valence-electron chi connectivity index (χ2n) is 5.08. The number of hydrogen-bond acceptors (Lipinski definition) is 3. The van der Waals surface area contributed by atoms with Gasteiger partial charge in [-0.25, -0.2) is 0 Å². The molecular weight excluding hydrogens is 326 g/mol. The van der Waals surface area contributed by atoms with Crippen LogP contribution in [0.25, 0.3) is 11.0 Å². The highest BCUT2D eigenvalue weighted by atomic mass is 79.9. The monoisotopic (exact) mass is 339 g/mol. The summed E-state index contributed by atoms with van der Waals surface area (Å²) in [7, 11) is 0. The second kappa shape index (κ2) is 5.25. The Kier molecular flexibility index (Phi) is 3.63. The van der Waals surface area contributed by atoms with Crippen LogP contribution in [0.1, 0.15) is 13.3 Å². The van der Waals surface area contributed by atoms with E-state index in [0.717, 1.165) is 40.7 Å². The van der Waals surface area contributed by atoms with E-state index in [-0.39, 0.29) is 5.38 Å². The van der Waals surface area contributed by atoms with Gasteiger partial charge in [-0.1, -0.05) is 6.92 Å². The molecule has 0 aromatic carbocycles. The molecule has 0 spiro atoms. The van der Waals surface area contributed by atoms with Crippen LogP contribution >= 0.6 is 27.5 Å². The van der Waals surface area contributed by atoms with Crippen LogP contribution in [0.3, 0.4) is 0 Å². The SMILES string of the molecule is CC1CN(c2ccnc3cc(Br)cnc23)CCC1Cl. The summed E-state index contributed by atoms with van der Waals surface area (Å²) in [6, 6.07) is 4.05. The lowest BCUT2D eigenvalue weighted by Gasteiger charge is -2.35. The molecule has 100 valence electrons. The maximum atomic E-state index is 6.30. The first-order valence-corrected chi connectivity index (χ1v) is 7.67. The Balaban J connectivity index is 2.01. The number of anilines is 1. The fourth-order valence-corrected chi connectivity index (χ4v) is 3.08. The van der Waals surface area contributed by atoms with Crippen molar-refractivity contribution in [1.29, 1.82) is 0 Å². The zero-order valence-corrected chi connectivity index (χ0v) is 13.0. The Labute approximate surface area is 126 Å². The molecule has 5 heteroatoms. The Morgan fingerprint density at radius 2 is 2.26 bits per heavy atom. The van der Waals surface area contributed by atoms with Crippen LogP contribution in [0.15, 0.2) is 29.0 Å².